The highest BCUT2D eigenvalue weighted by Crippen LogP contribution is 2.31. The van der Waals surface area contributed by atoms with Crippen LogP contribution in [0.3, 0.4) is 0 Å². The summed E-state index contributed by atoms with van der Waals surface area (Å²) in [6.07, 6.45) is -3.31. The molecule has 0 radical (unpaired) electrons. The summed E-state index contributed by atoms with van der Waals surface area (Å²) in [5, 5.41) is 10.9. The van der Waals surface area contributed by atoms with Crippen LogP contribution in [0.1, 0.15) is 27.2 Å². The quantitative estimate of drug-likeness (QED) is 0.144. The molecule has 0 fully saturated rings. The van der Waals surface area contributed by atoms with E-state index in [2.05, 4.69) is 0 Å². The van der Waals surface area contributed by atoms with E-state index in [0.29, 0.717) is 17.4 Å². The third kappa shape index (κ3) is 6.82. The Bertz CT molecular complexity index is 1590. The molecule has 0 aliphatic rings. The largest absolute Gasteiger partial charge is 0.467 e. The second kappa shape index (κ2) is 11.0. The van der Waals surface area contributed by atoms with Crippen molar-refractivity contribution in [2.45, 2.75) is 24.2 Å². The zero-order valence-electron chi connectivity index (χ0n) is 19.9. The van der Waals surface area contributed by atoms with Crippen molar-refractivity contribution in [1.82, 2.24) is 4.90 Å². The first kappa shape index (κ1) is 27.4. The number of furan rings is 1. The van der Waals surface area contributed by atoms with Crippen molar-refractivity contribution in [3.8, 4) is 5.75 Å². The lowest BCUT2D eigenvalue weighted by molar-refractivity contribution is -0.384. The minimum atomic E-state index is -4.74. The van der Waals surface area contributed by atoms with Gasteiger partial charge in [0.05, 0.1) is 23.3 Å². The molecule has 1 amide bonds. The van der Waals surface area contributed by atoms with Gasteiger partial charge >= 0.3 is 16.3 Å². The maximum atomic E-state index is 13.3. The molecule has 0 N–H and O–H groups in total. The Morgan fingerprint density at radius 1 is 0.949 bits per heavy atom. The fraction of sp³-hybridized carbons (Fsp3) is 0.115. The predicted molar refractivity (Wildman–Crippen MR) is 131 cm³/mol. The third-order valence-corrected chi connectivity index (χ3v) is 6.71. The molecule has 1 aromatic heterocycles. The van der Waals surface area contributed by atoms with Gasteiger partial charge in [0, 0.05) is 24.2 Å². The topological polar surface area (TPSA) is 120 Å². The van der Waals surface area contributed by atoms with Crippen LogP contribution in [0.4, 0.5) is 18.9 Å². The highest BCUT2D eigenvalue weighted by molar-refractivity contribution is 7.87. The molecule has 0 saturated heterocycles. The summed E-state index contributed by atoms with van der Waals surface area (Å²) in [6.45, 7) is -0.0201. The Kier molecular flexibility index (Phi) is 7.72. The van der Waals surface area contributed by atoms with E-state index in [4.69, 9.17) is 8.60 Å². The SMILES string of the molecule is O=C(c1ccc([N+](=O)[O-])cc1)N(Cc1cccc(OS(=O)(=O)c2cccc(C(F)(F)F)c2)c1)Cc1ccco1. The summed E-state index contributed by atoms with van der Waals surface area (Å²) in [5.41, 5.74) is -0.713. The van der Waals surface area contributed by atoms with Gasteiger partial charge in [-0.3, -0.25) is 14.9 Å². The molecule has 4 rings (SSSR count). The summed E-state index contributed by atoms with van der Waals surface area (Å²) in [4.78, 5) is 24.3. The van der Waals surface area contributed by atoms with E-state index in [1.807, 2.05) is 0 Å². The molecular weight excluding hydrogens is 541 g/mol. The van der Waals surface area contributed by atoms with Gasteiger partial charge in [-0.05, 0) is 60.2 Å². The predicted octanol–water partition coefficient (Wildman–Crippen LogP) is 5.82. The summed E-state index contributed by atoms with van der Waals surface area (Å²) in [6, 6.07) is 17.2. The second-order valence-electron chi connectivity index (χ2n) is 8.26. The van der Waals surface area contributed by atoms with Gasteiger partial charge in [0.15, 0.2) is 0 Å². The maximum absolute atomic E-state index is 13.3. The summed E-state index contributed by atoms with van der Waals surface area (Å²) in [7, 11) is -4.60. The van der Waals surface area contributed by atoms with Gasteiger partial charge in [0.25, 0.3) is 11.6 Å². The van der Waals surface area contributed by atoms with Crippen molar-refractivity contribution >= 4 is 21.7 Å². The lowest BCUT2D eigenvalue weighted by Gasteiger charge is -2.22. The van der Waals surface area contributed by atoms with Gasteiger partial charge in [-0.2, -0.15) is 21.6 Å². The van der Waals surface area contributed by atoms with Crippen LogP contribution < -0.4 is 4.18 Å². The Morgan fingerprint density at radius 2 is 1.67 bits per heavy atom. The number of nitro benzene ring substituents is 1. The zero-order valence-corrected chi connectivity index (χ0v) is 20.7. The zero-order chi connectivity index (χ0) is 28.2. The first-order valence-corrected chi connectivity index (χ1v) is 12.6. The average Bonchev–Trinajstić information content (AvgIpc) is 3.41. The fourth-order valence-electron chi connectivity index (χ4n) is 3.62. The van der Waals surface area contributed by atoms with Gasteiger partial charge in [0.2, 0.25) is 0 Å². The Balaban J connectivity index is 1.57. The van der Waals surface area contributed by atoms with Crippen LogP contribution in [0.15, 0.2) is 101 Å². The number of hydrogen-bond donors (Lipinski definition) is 0. The number of benzene rings is 3. The normalized spacial score (nSPS) is 11.7. The molecule has 0 spiro atoms. The van der Waals surface area contributed by atoms with Crippen molar-refractivity contribution in [2.75, 3.05) is 0 Å². The van der Waals surface area contributed by atoms with Crippen LogP contribution in [-0.4, -0.2) is 24.1 Å². The molecule has 202 valence electrons. The molecular formula is C26H19F3N2O7S. The fourth-order valence-corrected chi connectivity index (χ4v) is 4.59. The molecule has 13 heteroatoms. The van der Waals surface area contributed by atoms with Crippen LogP contribution in [0.5, 0.6) is 5.75 Å². The molecule has 0 atom stereocenters. The molecule has 0 saturated carbocycles. The van der Waals surface area contributed by atoms with Gasteiger partial charge in [-0.25, -0.2) is 0 Å². The van der Waals surface area contributed by atoms with Gasteiger partial charge in [-0.1, -0.05) is 18.2 Å². The minimum Gasteiger partial charge on any atom is -0.467 e. The van der Waals surface area contributed by atoms with Crippen molar-refractivity contribution < 1.29 is 39.9 Å². The maximum Gasteiger partial charge on any atom is 0.416 e. The van der Waals surface area contributed by atoms with Gasteiger partial charge in [0.1, 0.15) is 16.4 Å². The van der Waals surface area contributed by atoms with E-state index < -0.39 is 37.6 Å². The number of carbonyl (C=O) groups excluding carboxylic acids is 1. The highest BCUT2D eigenvalue weighted by Gasteiger charge is 2.32. The number of nitro groups is 1. The number of rotatable bonds is 9. The van der Waals surface area contributed by atoms with E-state index in [1.165, 1.54) is 53.6 Å². The Hall–Kier alpha value is -4.65. The van der Waals surface area contributed by atoms with Crippen LogP contribution in [-0.2, 0) is 29.4 Å². The molecule has 0 aliphatic heterocycles. The smallest absolute Gasteiger partial charge is 0.416 e. The standard InChI is InChI=1S/C26H19F3N2O7S/c27-26(28,29)20-5-2-8-24(15-20)39(35,36)38-22-6-1-4-18(14-22)16-30(17-23-7-3-13-37-23)25(32)19-9-11-21(12-10-19)31(33)34/h1-15H,16-17H2. The molecule has 0 aliphatic carbocycles. The third-order valence-electron chi connectivity index (χ3n) is 5.47. The van der Waals surface area contributed by atoms with Gasteiger partial charge in [-0.15, -0.1) is 0 Å². The second-order valence-corrected chi connectivity index (χ2v) is 9.80. The number of non-ortho nitro benzene ring substituents is 1. The molecule has 3 aromatic carbocycles. The number of carbonyl (C=O) groups is 1. The average molecular weight is 561 g/mol. The number of alkyl halides is 3. The number of amides is 1. The van der Waals surface area contributed by atoms with E-state index >= 15 is 0 Å². The number of nitrogens with zero attached hydrogens (tertiary/aromatic N) is 2. The Morgan fingerprint density at radius 3 is 2.31 bits per heavy atom. The number of halogens is 3. The van der Waals surface area contributed by atoms with Gasteiger partial charge < -0.3 is 13.5 Å². The molecule has 1 heterocycles. The molecule has 4 aromatic rings. The highest BCUT2D eigenvalue weighted by atomic mass is 32.2. The molecule has 0 bridgehead atoms. The molecule has 0 unspecified atom stereocenters. The van der Waals surface area contributed by atoms with E-state index in [-0.39, 0.29) is 30.1 Å². The van der Waals surface area contributed by atoms with Crippen LogP contribution >= 0.6 is 0 Å². The van der Waals surface area contributed by atoms with Crippen molar-refractivity contribution in [1.29, 1.82) is 0 Å². The summed E-state index contributed by atoms with van der Waals surface area (Å²) >= 11 is 0. The van der Waals surface area contributed by atoms with Crippen LogP contribution in [0, 0.1) is 10.1 Å². The van der Waals surface area contributed by atoms with Crippen LogP contribution in [0.2, 0.25) is 0 Å². The Labute approximate surface area is 220 Å². The number of hydrogen-bond acceptors (Lipinski definition) is 7. The van der Waals surface area contributed by atoms with E-state index in [0.717, 1.165) is 18.2 Å². The lowest BCUT2D eigenvalue weighted by Crippen LogP contribution is -2.30. The van der Waals surface area contributed by atoms with Crippen LogP contribution in [0.25, 0.3) is 0 Å². The van der Waals surface area contributed by atoms with E-state index in [9.17, 15) is 36.5 Å². The lowest BCUT2D eigenvalue weighted by atomic mass is 10.1. The van der Waals surface area contributed by atoms with Crippen molar-refractivity contribution in [3.05, 3.63) is 124 Å². The minimum absolute atomic E-state index is 0.0242. The molecule has 39 heavy (non-hydrogen) atoms. The first-order chi connectivity index (χ1) is 18.4. The molecule has 9 nitrogen and oxygen atoms in total. The summed E-state index contributed by atoms with van der Waals surface area (Å²) in [5.74, 6) is -0.209. The van der Waals surface area contributed by atoms with E-state index in [1.54, 1.807) is 18.2 Å². The van der Waals surface area contributed by atoms with Crippen molar-refractivity contribution in [3.63, 3.8) is 0 Å². The summed E-state index contributed by atoms with van der Waals surface area (Å²) < 4.78 is 74.9. The monoisotopic (exact) mass is 560 g/mol. The van der Waals surface area contributed by atoms with Crippen molar-refractivity contribution in [2.24, 2.45) is 0 Å². The first-order valence-electron chi connectivity index (χ1n) is 11.2.